The zero-order chi connectivity index (χ0) is 15.5. The second kappa shape index (κ2) is 6.28. The molecule has 2 heterocycles. The topological polar surface area (TPSA) is 67.2 Å². The molecule has 6 nitrogen and oxygen atoms in total. The van der Waals surface area contributed by atoms with E-state index in [-0.39, 0.29) is 17.9 Å². The van der Waals surface area contributed by atoms with Crippen LogP contribution < -0.4 is 5.32 Å². The Kier molecular flexibility index (Phi) is 4.65. The molecule has 0 radical (unpaired) electrons. The molecule has 2 rings (SSSR count). The van der Waals surface area contributed by atoms with Gasteiger partial charge in [0.15, 0.2) is 0 Å². The van der Waals surface area contributed by atoms with Gasteiger partial charge in [-0.15, -0.1) is 0 Å². The minimum atomic E-state index is -0.758. The van der Waals surface area contributed by atoms with E-state index in [1.165, 1.54) is 0 Å². The first-order chi connectivity index (χ1) is 10.0. The van der Waals surface area contributed by atoms with E-state index in [4.69, 9.17) is 0 Å². The van der Waals surface area contributed by atoms with Crippen LogP contribution in [-0.2, 0) is 16.1 Å². The Balaban J connectivity index is 2.19. The van der Waals surface area contributed by atoms with Gasteiger partial charge in [-0.1, -0.05) is 13.8 Å². The van der Waals surface area contributed by atoms with Crippen LogP contribution in [0.4, 0.5) is 0 Å². The van der Waals surface area contributed by atoms with Crippen LogP contribution in [0.1, 0.15) is 40.0 Å². The second-order valence-corrected chi connectivity index (χ2v) is 5.66. The maximum atomic E-state index is 12.9. The average molecular weight is 292 g/mol. The first-order valence-electron chi connectivity index (χ1n) is 7.62. The molecule has 6 heteroatoms. The van der Waals surface area contributed by atoms with E-state index >= 15 is 0 Å². The first-order valence-corrected chi connectivity index (χ1v) is 7.62. The SMILES string of the molecule is CCC1(CC)NC(=O)CC(C)N(CCn2cccn2)C1=O. The molecule has 2 amide bonds. The van der Waals surface area contributed by atoms with Gasteiger partial charge in [-0.25, -0.2) is 0 Å². The van der Waals surface area contributed by atoms with Crippen LogP contribution in [-0.4, -0.2) is 44.6 Å². The molecular weight excluding hydrogens is 268 g/mol. The van der Waals surface area contributed by atoms with Gasteiger partial charge in [0.1, 0.15) is 5.54 Å². The Labute approximate surface area is 125 Å². The van der Waals surface area contributed by atoms with E-state index in [0.29, 0.717) is 32.4 Å². The maximum Gasteiger partial charge on any atom is 0.248 e. The largest absolute Gasteiger partial charge is 0.342 e. The molecule has 0 bridgehead atoms. The summed E-state index contributed by atoms with van der Waals surface area (Å²) in [6, 6.07) is 1.77. The molecule has 1 aliphatic heterocycles. The van der Waals surface area contributed by atoms with E-state index in [1.807, 2.05) is 37.9 Å². The predicted octanol–water partition coefficient (Wildman–Crippen LogP) is 1.18. The summed E-state index contributed by atoms with van der Waals surface area (Å²) in [4.78, 5) is 26.8. The van der Waals surface area contributed by atoms with Crippen molar-refractivity contribution in [2.24, 2.45) is 0 Å². The van der Waals surface area contributed by atoms with Gasteiger partial charge in [-0.3, -0.25) is 14.3 Å². The van der Waals surface area contributed by atoms with Crippen molar-refractivity contribution in [3.63, 3.8) is 0 Å². The van der Waals surface area contributed by atoms with Crippen LogP contribution in [0.2, 0.25) is 0 Å². The van der Waals surface area contributed by atoms with Crippen LogP contribution in [0, 0.1) is 0 Å². The Morgan fingerprint density at radius 3 is 2.62 bits per heavy atom. The molecular formula is C15H24N4O2. The summed E-state index contributed by atoms with van der Waals surface area (Å²) in [7, 11) is 0. The lowest BCUT2D eigenvalue weighted by molar-refractivity contribution is -0.140. The van der Waals surface area contributed by atoms with E-state index < -0.39 is 5.54 Å². The summed E-state index contributed by atoms with van der Waals surface area (Å²) in [5.74, 6) is -0.0147. The average Bonchev–Trinajstić information content (AvgIpc) is 2.95. The van der Waals surface area contributed by atoms with Crippen molar-refractivity contribution < 1.29 is 9.59 Å². The number of amides is 2. The lowest BCUT2D eigenvalue weighted by atomic mass is 9.91. The molecule has 1 fully saturated rings. The Bertz CT molecular complexity index is 494. The first kappa shape index (κ1) is 15.5. The monoisotopic (exact) mass is 292 g/mol. The Morgan fingerprint density at radius 2 is 2.05 bits per heavy atom. The summed E-state index contributed by atoms with van der Waals surface area (Å²) in [5, 5.41) is 7.10. The summed E-state index contributed by atoms with van der Waals surface area (Å²) in [5.41, 5.74) is -0.758. The number of hydrogen-bond acceptors (Lipinski definition) is 3. The van der Waals surface area contributed by atoms with E-state index in [1.54, 1.807) is 10.9 Å². The Morgan fingerprint density at radius 1 is 1.33 bits per heavy atom. The number of carbonyl (C=O) groups excluding carboxylic acids is 2. The third kappa shape index (κ3) is 3.09. The molecule has 1 aromatic heterocycles. The summed E-state index contributed by atoms with van der Waals surface area (Å²) < 4.78 is 1.81. The summed E-state index contributed by atoms with van der Waals surface area (Å²) in [6.07, 6.45) is 5.18. The molecule has 116 valence electrons. The highest BCUT2D eigenvalue weighted by Crippen LogP contribution is 2.24. The number of carbonyl (C=O) groups is 2. The van der Waals surface area contributed by atoms with E-state index in [0.717, 1.165) is 0 Å². The minimum absolute atomic E-state index is 0.0259. The number of aromatic nitrogens is 2. The third-order valence-corrected chi connectivity index (χ3v) is 4.40. The van der Waals surface area contributed by atoms with E-state index in [9.17, 15) is 9.59 Å². The van der Waals surface area contributed by atoms with Crippen molar-refractivity contribution in [3.05, 3.63) is 18.5 Å². The van der Waals surface area contributed by atoms with Gasteiger partial charge in [0, 0.05) is 31.4 Å². The molecule has 0 spiro atoms. The fourth-order valence-electron chi connectivity index (χ4n) is 2.92. The summed E-state index contributed by atoms with van der Waals surface area (Å²) >= 11 is 0. The van der Waals surface area contributed by atoms with Gasteiger partial charge in [-0.2, -0.15) is 5.10 Å². The van der Waals surface area contributed by atoms with Crippen molar-refractivity contribution in [2.75, 3.05) is 6.54 Å². The molecule has 0 saturated carbocycles. The van der Waals surface area contributed by atoms with Crippen LogP contribution in [0.15, 0.2) is 18.5 Å². The summed E-state index contributed by atoms with van der Waals surface area (Å²) in [6.45, 7) is 7.04. The molecule has 1 unspecified atom stereocenters. The molecule has 1 N–H and O–H groups in total. The highest BCUT2D eigenvalue weighted by Gasteiger charge is 2.43. The fourth-order valence-corrected chi connectivity index (χ4v) is 2.92. The van der Waals surface area contributed by atoms with Gasteiger partial charge >= 0.3 is 0 Å². The molecule has 1 aliphatic rings. The maximum absolute atomic E-state index is 12.9. The number of rotatable bonds is 5. The van der Waals surface area contributed by atoms with Crippen molar-refractivity contribution in [2.45, 2.75) is 58.2 Å². The number of hydrogen-bond donors (Lipinski definition) is 1. The predicted molar refractivity (Wildman–Crippen MR) is 79.5 cm³/mol. The Hall–Kier alpha value is -1.85. The van der Waals surface area contributed by atoms with Gasteiger partial charge in [0.2, 0.25) is 11.8 Å². The molecule has 1 aromatic rings. The molecule has 1 saturated heterocycles. The molecule has 21 heavy (non-hydrogen) atoms. The smallest absolute Gasteiger partial charge is 0.248 e. The van der Waals surface area contributed by atoms with Crippen molar-refractivity contribution in [1.29, 1.82) is 0 Å². The van der Waals surface area contributed by atoms with Crippen LogP contribution >= 0.6 is 0 Å². The third-order valence-electron chi connectivity index (χ3n) is 4.40. The van der Waals surface area contributed by atoms with Gasteiger partial charge in [-0.05, 0) is 25.8 Å². The number of nitrogens with one attached hydrogen (secondary N) is 1. The zero-order valence-electron chi connectivity index (χ0n) is 13.0. The fraction of sp³-hybridized carbons (Fsp3) is 0.667. The normalized spacial score (nSPS) is 22.0. The molecule has 0 aromatic carbocycles. The van der Waals surface area contributed by atoms with Crippen LogP contribution in [0.5, 0.6) is 0 Å². The lowest BCUT2D eigenvalue weighted by Gasteiger charge is -2.35. The van der Waals surface area contributed by atoms with Crippen molar-refractivity contribution >= 4 is 11.8 Å². The molecule has 0 aliphatic carbocycles. The van der Waals surface area contributed by atoms with E-state index in [2.05, 4.69) is 10.4 Å². The molecule has 1 atom stereocenters. The zero-order valence-corrected chi connectivity index (χ0v) is 13.0. The van der Waals surface area contributed by atoms with Gasteiger partial charge < -0.3 is 10.2 Å². The quantitative estimate of drug-likeness (QED) is 0.886. The number of nitrogens with zero attached hydrogens (tertiary/aromatic N) is 3. The lowest BCUT2D eigenvalue weighted by Crippen LogP contribution is -2.57. The van der Waals surface area contributed by atoms with Crippen molar-refractivity contribution in [3.8, 4) is 0 Å². The second-order valence-electron chi connectivity index (χ2n) is 5.66. The van der Waals surface area contributed by atoms with Gasteiger partial charge in [0.05, 0.1) is 6.54 Å². The van der Waals surface area contributed by atoms with Gasteiger partial charge in [0.25, 0.3) is 0 Å². The highest BCUT2D eigenvalue weighted by atomic mass is 16.2. The van der Waals surface area contributed by atoms with Crippen molar-refractivity contribution in [1.82, 2.24) is 20.0 Å². The standard InChI is InChI=1S/C15H24N4O2/c1-4-15(5-2)14(21)19(12(3)11-13(20)17-15)10-9-18-8-6-7-16-18/h6-8,12H,4-5,9-11H2,1-3H3,(H,17,20). The van der Waals surface area contributed by atoms with Crippen LogP contribution in [0.3, 0.4) is 0 Å². The highest BCUT2D eigenvalue weighted by molar-refractivity contribution is 5.93. The van der Waals surface area contributed by atoms with Crippen LogP contribution in [0.25, 0.3) is 0 Å². The minimum Gasteiger partial charge on any atom is -0.342 e.